The standard InChI is InChI=1S/2C31H23N5.C23H15N3.C16H8.C7H7N3/c1-3-11-22(12-4-1)19-35-21-32-28-24-15-7-10-18-27(24)31-29(25-16-8-9-17-26(25)30(28)35)33-34-36(31)20-23-13-5-2-6-14-23;1-3-11-22(12-4-1)19-35-21-32-28-24-15-7-8-16-25(24)29-31(27-18-10-9-17-26(27)30(28)35)36(34-33-29)20-23-13-5-2-6-14-23;1-2-8-17(9-3-1)16-26-23-21-13-7-5-11-19(21)15-14-18-10-4-6-12-20(18)22(23)24-25-26;1-2-6-14-11-12-16-8-4-3-7-15(16)10-9-13(14)5-1;8-10-9-6-7-4-2-1-3-5-7/h2*1-18,21H,19-20H2;1-13H,16H2;1-8H;1-5H,6H2. The average Bonchev–Trinajstić information content (AvgIpc) is 1.57. The number of aromatic nitrogens is 13. The number of imidazole rings is 2. The molecule has 0 aliphatic heterocycles. The van der Waals surface area contributed by atoms with E-state index in [9.17, 15) is 0 Å². The zero-order valence-corrected chi connectivity index (χ0v) is 67.3. The monoisotopic (exact) mass is 1600 g/mol. The van der Waals surface area contributed by atoms with Gasteiger partial charge in [-0.3, -0.25) is 0 Å². The Bertz CT molecular complexity index is 6960. The predicted molar refractivity (Wildman–Crippen MR) is 491 cm³/mol. The van der Waals surface area contributed by atoms with Crippen LogP contribution < -0.4 is 0 Å². The minimum atomic E-state index is 0.442. The fourth-order valence-corrected chi connectivity index (χ4v) is 16.1. The first-order chi connectivity index (χ1) is 61.5. The number of hydrogen-bond acceptors (Lipinski definition) is 9. The van der Waals surface area contributed by atoms with E-state index in [0.29, 0.717) is 26.2 Å². The van der Waals surface area contributed by atoms with Crippen molar-refractivity contribution in [3.63, 3.8) is 0 Å². The van der Waals surface area contributed by atoms with Crippen molar-refractivity contribution in [3.05, 3.63) is 466 Å². The number of hydrogen-bond donors (Lipinski definition) is 0. The fourth-order valence-electron chi connectivity index (χ4n) is 16.1. The molecule has 16 nitrogen and oxygen atoms in total. The summed E-state index contributed by atoms with van der Waals surface area (Å²) >= 11 is 0. The second-order valence-electron chi connectivity index (χ2n) is 29.9. The lowest BCUT2D eigenvalue weighted by atomic mass is 9.89. The predicted octanol–water partition coefficient (Wildman–Crippen LogP) is 22.8. The first-order valence-corrected chi connectivity index (χ1v) is 41.0. The lowest BCUT2D eigenvalue weighted by Gasteiger charge is -2.20. The second kappa shape index (κ2) is 36.0. The van der Waals surface area contributed by atoms with Gasteiger partial charge in [-0.15, -0.1) is 15.3 Å². The molecule has 588 valence electrons. The first kappa shape index (κ1) is 76.9. The van der Waals surface area contributed by atoms with E-state index in [1.807, 2.05) is 172 Å². The van der Waals surface area contributed by atoms with Crippen molar-refractivity contribution in [2.75, 3.05) is 0 Å². The summed E-state index contributed by atoms with van der Waals surface area (Å²) in [5.74, 6) is 19.3. The van der Waals surface area contributed by atoms with Crippen molar-refractivity contribution in [2.45, 2.75) is 39.3 Å². The zero-order chi connectivity index (χ0) is 83.2. The van der Waals surface area contributed by atoms with E-state index in [1.54, 1.807) is 0 Å². The Morgan fingerprint density at radius 1 is 0.226 bits per heavy atom. The summed E-state index contributed by atoms with van der Waals surface area (Å²) in [7, 11) is 0. The molecule has 23 rings (SSSR count). The second-order valence-corrected chi connectivity index (χ2v) is 29.9. The van der Waals surface area contributed by atoms with Gasteiger partial charge in [0.05, 0.1) is 78.7 Å². The van der Waals surface area contributed by atoms with Gasteiger partial charge >= 0.3 is 0 Å². The summed E-state index contributed by atoms with van der Waals surface area (Å²) in [4.78, 5) is 12.6. The molecular weight excluding hydrogens is 1520 g/mol. The Hall–Kier alpha value is -17.1. The third-order valence-corrected chi connectivity index (χ3v) is 21.9. The van der Waals surface area contributed by atoms with Gasteiger partial charge in [0.1, 0.15) is 17.1 Å². The van der Waals surface area contributed by atoms with Crippen LogP contribution in [0.25, 0.3) is 123 Å². The van der Waals surface area contributed by atoms with Crippen LogP contribution in [0.3, 0.4) is 0 Å². The topological polar surface area (TPSA) is 177 Å². The van der Waals surface area contributed by atoms with Gasteiger partial charge < -0.3 is 9.13 Å². The fraction of sp³-hybridized carbons (Fsp3) is 0.0556. The van der Waals surface area contributed by atoms with Gasteiger partial charge in [0, 0.05) is 107 Å². The summed E-state index contributed by atoms with van der Waals surface area (Å²) < 4.78 is 10.5. The van der Waals surface area contributed by atoms with E-state index in [1.165, 1.54) is 27.8 Å². The van der Waals surface area contributed by atoms with Gasteiger partial charge in [-0.2, -0.15) is 0 Å². The SMILES string of the molecule is C1#Cc2ccccc2-c2c(nnn2Cc2ccccc2)-c2ccccc21.C1#Cc2ccccc2C#Cc2ccccc21.[N-]=[N+]=NCc1ccccc1.c1ccc(Cn2cnc3c2-c2ccccc2-c2c(nnn2Cc2ccccc2)-c2ccccc2-3)cc1.c1ccc(Cn2cnc3c2-c2ccccc2-c2nnn(Cc4ccccc4)c2-c2ccccc2-3)cc1. The van der Waals surface area contributed by atoms with Crippen LogP contribution in [0.2, 0.25) is 0 Å². The van der Waals surface area contributed by atoms with Crippen LogP contribution in [-0.2, 0) is 39.3 Å². The van der Waals surface area contributed by atoms with Gasteiger partial charge in [-0.1, -0.05) is 396 Å². The first-order valence-electron chi connectivity index (χ1n) is 41.0. The molecule has 0 unspecified atom stereocenters. The van der Waals surface area contributed by atoms with Crippen molar-refractivity contribution in [2.24, 2.45) is 5.11 Å². The quantitative estimate of drug-likeness (QED) is 0.0502. The highest BCUT2D eigenvalue weighted by Crippen LogP contribution is 2.49. The molecule has 0 radical (unpaired) electrons. The number of nitrogens with zero attached hydrogens (tertiary/aromatic N) is 16. The van der Waals surface area contributed by atoms with Crippen LogP contribution >= 0.6 is 0 Å². The number of azide groups is 1. The van der Waals surface area contributed by atoms with E-state index in [4.69, 9.17) is 25.7 Å². The lowest BCUT2D eigenvalue weighted by molar-refractivity contribution is 0.655. The Morgan fingerprint density at radius 3 is 0.831 bits per heavy atom. The van der Waals surface area contributed by atoms with Gasteiger partial charge in [0.25, 0.3) is 0 Å². The summed E-state index contributed by atoms with van der Waals surface area (Å²) in [6, 6.07) is 128. The largest absolute Gasteiger partial charge is 0.326 e. The minimum absolute atomic E-state index is 0.442. The van der Waals surface area contributed by atoms with Crippen molar-refractivity contribution in [1.29, 1.82) is 0 Å². The summed E-state index contributed by atoms with van der Waals surface area (Å²) in [5, 5.41) is 31.2. The van der Waals surface area contributed by atoms with Gasteiger partial charge in [0.2, 0.25) is 0 Å². The van der Waals surface area contributed by atoms with Crippen LogP contribution in [-0.4, -0.2) is 64.1 Å². The molecule has 0 saturated heterocycles. The van der Waals surface area contributed by atoms with Crippen LogP contribution in [0, 0.1) is 35.5 Å². The normalized spacial score (nSPS) is 11.1. The average molecular weight is 1600 g/mol. The van der Waals surface area contributed by atoms with Crippen molar-refractivity contribution in [3.8, 4) is 148 Å². The van der Waals surface area contributed by atoms with E-state index >= 15 is 0 Å². The molecule has 0 amide bonds. The molecule has 4 aliphatic rings. The molecular formula is C108H76N16. The summed E-state index contributed by atoms with van der Waals surface area (Å²) in [6.07, 6.45) is 3.93. The molecule has 19 aromatic rings. The highest BCUT2D eigenvalue weighted by Gasteiger charge is 2.32. The highest BCUT2D eigenvalue weighted by atomic mass is 15.4. The zero-order valence-electron chi connectivity index (χ0n) is 67.3. The van der Waals surface area contributed by atoms with Crippen LogP contribution in [0.1, 0.15) is 66.8 Å². The summed E-state index contributed by atoms with van der Waals surface area (Å²) in [6.45, 7) is 3.90. The molecule has 5 aromatic heterocycles. The van der Waals surface area contributed by atoms with Crippen molar-refractivity contribution in [1.82, 2.24) is 64.1 Å². The maximum atomic E-state index is 7.99. The number of benzene rings is 14. The lowest BCUT2D eigenvalue weighted by Crippen LogP contribution is -2.07. The van der Waals surface area contributed by atoms with Crippen LogP contribution in [0.15, 0.2) is 394 Å². The smallest absolute Gasteiger partial charge is 0.122 e. The highest BCUT2D eigenvalue weighted by molar-refractivity contribution is 6.01. The molecule has 0 atom stereocenters. The van der Waals surface area contributed by atoms with E-state index < -0.39 is 0 Å². The molecule has 0 spiro atoms. The molecule has 124 heavy (non-hydrogen) atoms. The molecule has 0 bridgehead atoms. The van der Waals surface area contributed by atoms with Gasteiger partial charge in [0.15, 0.2) is 0 Å². The molecule has 14 aromatic carbocycles. The number of fused-ring (bicyclic) bond motifs is 23. The van der Waals surface area contributed by atoms with E-state index in [0.717, 1.165) is 165 Å². The molecule has 4 aliphatic carbocycles. The van der Waals surface area contributed by atoms with Crippen molar-refractivity contribution >= 4 is 0 Å². The Labute approximate surface area is 718 Å². The molecule has 0 saturated carbocycles. The summed E-state index contributed by atoms with van der Waals surface area (Å²) in [5.41, 5.74) is 41.8. The van der Waals surface area contributed by atoms with Gasteiger partial charge in [-0.25, -0.2) is 24.0 Å². The van der Waals surface area contributed by atoms with Gasteiger partial charge in [-0.05, 0) is 75.3 Å². The third kappa shape index (κ3) is 16.4. The van der Waals surface area contributed by atoms with Crippen molar-refractivity contribution < 1.29 is 0 Å². The van der Waals surface area contributed by atoms with E-state index in [-0.39, 0.29) is 0 Å². The van der Waals surface area contributed by atoms with Crippen LogP contribution in [0.5, 0.6) is 0 Å². The maximum absolute atomic E-state index is 7.99. The van der Waals surface area contributed by atoms with Crippen LogP contribution in [0.4, 0.5) is 0 Å². The van der Waals surface area contributed by atoms with E-state index in [2.05, 4.69) is 306 Å². The minimum Gasteiger partial charge on any atom is -0.326 e. The molecule has 0 fully saturated rings. The Balaban J connectivity index is 0.000000108. The molecule has 0 N–H and O–H groups in total. The molecule has 16 heteroatoms. The molecule has 5 heterocycles. The maximum Gasteiger partial charge on any atom is 0.122 e. The third-order valence-electron chi connectivity index (χ3n) is 21.9. The Morgan fingerprint density at radius 2 is 0.460 bits per heavy atom. The Kier molecular flexibility index (Phi) is 22.3. The number of rotatable bonds is 12.